The van der Waals surface area contributed by atoms with Gasteiger partial charge in [-0.3, -0.25) is 9.48 Å². The zero-order chi connectivity index (χ0) is 21.3. The van der Waals surface area contributed by atoms with E-state index in [-0.39, 0.29) is 10.8 Å². The van der Waals surface area contributed by atoms with E-state index < -0.39 is 9.84 Å². The highest BCUT2D eigenvalue weighted by Crippen LogP contribution is 2.21. The third kappa shape index (κ3) is 4.08. The molecular formula is C22H20N4O3S. The Balaban J connectivity index is 1.65. The molecule has 7 nitrogen and oxygen atoms in total. The second kappa shape index (κ2) is 7.72. The molecule has 30 heavy (non-hydrogen) atoms. The average molecular weight is 420 g/mol. The number of carbonyl (C=O) groups excluding carboxylic acids is 1. The quantitative estimate of drug-likeness (QED) is 0.534. The molecule has 0 atom stereocenters. The van der Waals surface area contributed by atoms with Crippen molar-refractivity contribution in [2.75, 3.05) is 11.6 Å². The molecular weight excluding hydrogens is 400 g/mol. The maximum Gasteiger partial charge on any atom is 0.277 e. The number of rotatable bonds is 5. The Morgan fingerprint density at radius 3 is 2.43 bits per heavy atom. The summed E-state index contributed by atoms with van der Waals surface area (Å²) in [5.74, 6) is 0.120. The highest BCUT2D eigenvalue weighted by molar-refractivity contribution is 7.90. The lowest BCUT2D eigenvalue weighted by Gasteiger charge is -2.05. The molecule has 0 aliphatic rings. The van der Waals surface area contributed by atoms with Gasteiger partial charge in [-0.05, 0) is 42.3 Å². The summed E-state index contributed by atoms with van der Waals surface area (Å²) < 4.78 is 25.1. The van der Waals surface area contributed by atoms with Gasteiger partial charge in [0, 0.05) is 17.8 Å². The molecule has 2 aromatic carbocycles. The zero-order valence-corrected chi connectivity index (χ0v) is 17.3. The van der Waals surface area contributed by atoms with Gasteiger partial charge in [-0.2, -0.15) is 5.10 Å². The predicted octanol–water partition coefficient (Wildman–Crippen LogP) is 3.44. The van der Waals surface area contributed by atoms with Crippen molar-refractivity contribution in [1.29, 1.82) is 0 Å². The summed E-state index contributed by atoms with van der Waals surface area (Å²) in [6, 6.07) is 17.8. The van der Waals surface area contributed by atoms with E-state index in [1.165, 1.54) is 6.26 Å². The van der Waals surface area contributed by atoms with E-state index in [0.717, 1.165) is 22.0 Å². The van der Waals surface area contributed by atoms with Crippen molar-refractivity contribution in [2.45, 2.75) is 18.4 Å². The fourth-order valence-electron chi connectivity index (χ4n) is 3.15. The number of nitrogens with one attached hydrogen (secondary N) is 1. The molecule has 0 saturated carbocycles. The summed E-state index contributed by atoms with van der Waals surface area (Å²) in [6.45, 7) is 2.33. The van der Waals surface area contributed by atoms with E-state index in [1.54, 1.807) is 41.2 Å². The van der Waals surface area contributed by atoms with Crippen LogP contribution >= 0.6 is 0 Å². The standard InChI is InChI=1S/C22H20N4O3S/c1-15-7-12-20(23-13-15)24-22(27)21-18-5-3-4-6-19(18)26(25-21)14-16-8-10-17(11-9-16)30(2,28)29/h3-13H,14H2,1-2H3,(H,23,24,27). The van der Waals surface area contributed by atoms with Gasteiger partial charge in [-0.1, -0.05) is 36.4 Å². The van der Waals surface area contributed by atoms with Crippen LogP contribution in [0.15, 0.2) is 71.8 Å². The van der Waals surface area contributed by atoms with E-state index in [2.05, 4.69) is 15.4 Å². The van der Waals surface area contributed by atoms with Gasteiger partial charge in [0.2, 0.25) is 0 Å². The highest BCUT2D eigenvalue weighted by Gasteiger charge is 2.18. The first-order valence-corrected chi connectivity index (χ1v) is 11.2. The smallest absolute Gasteiger partial charge is 0.277 e. The molecule has 0 saturated heterocycles. The van der Waals surface area contributed by atoms with Crippen molar-refractivity contribution >= 4 is 32.5 Å². The third-order valence-electron chi connectivity index (χ3n) is 4.71. The lowest BCUT2D eigenvalue weighted by Crippen LogP contribution is -2.14. The summed E-state index contributed by atoms with van der Waals surface area (Å²) in [6.07, 6.45) is 2.86. The van der Waals surface area contributed by atoms with Crippen LogP contribution in [-0.2, 0) is 16.4 Å². The van der Waals surface area contributed by atoms with Crippen LogP contribution < -0.4 is 5.32 Å². The molecule has 0 bridgehead atoms. The minimum atomic E-state index is -3.25. The van der Waals surface area contributed by atoms with Gasteiger partial charge < -0.3 is 5.32 Å². The Morgan fingerprint density at radius 1 is 1.03 bits per heavy atom. The molecule has 1 N–H and O–H groups in total. The van der Waals surface area contributed by atoms with Crippen molar-refractivity contribution in [1.82, 2.24) is 14.8 Å². The largest absolute Gasteiger partial charge is 0.305 e. The number of pyridine rings is 1. The predicted molar refractivity (Wildman–Crippen MR) is 115 cm³/mol. The number of hydrogen-bond acceptors (Lipinski definition) is 5. The molecule has 0 radical (unpaired) electrons. The van der Waals surface area contributed by atoms with E-state index in [4.69, 9.17) is 0 Å². The van der Waals surface area contributed by atoms with Crippen LogP contribution in [0.3, 0.4) is 0 Å². The average Bonchev–Trinajstić information content (AvgIpc) is 3.08. The lowest BCUT2D eigenvalue weighted by atomic mass is 10.2. The fourth-order valence-corrected chi connectivity index (χ4v) is 3.78. The van der Waals surface area contributed by atoms with Crippen LogP contribution in [0.2, 0.25) is 0 Å². The first-order valence-electron chi connectivity index (χ1n) is 9.30. The van der Waals surface area contributed by atoms with Crippen LogP contribution in [0, 0.1) is 6.92 Å². The number of anilines is 1. The molecule has 0 spiro atoms. The van der Waals surface area contributed by atoms with Gasteiger partial charge in [0.1, 0.15) is 5.82 Å². The second-order valence-corrected chi connectivity index (χ2v) is 9.13. The topological polar surface area (TPSA) is 94.0 Å². The van der Waals surface area contributed by atoms with E-state index >= 15 is 0 Å². The van der Waals surface area contributed by atoms with Gasteiger partial charge in [-0.15, -0.1) is 0 Å². The number of hydrogen-bond donors (Lipinski definition) is 1. The molecule has 152 valence electrons. The van der Waals surface area contributed by atoms with Crippen LogP contribution in [0.1, 0.15) is 21.6 Å². The van der Waals surface area contributed by atoms with Gasteiger partial charge >= 0.3 is 0 Å². The number of benzene rings is 2. The molecule has 0 aliphatic carbocycles. The molecule has 2 aromatic heterocycles. The number of carbonyl (C=O) groups is 1. The van der Waals surface area contributed by atoms with Crippen molar-refractivity contribution in [3.63, 3.8) is 0 Å². The van der Waals surface area contributed by atoms with Crippen molar-refractivity contribution < 1.29 is 13.2 Å². The number of sulfone groups is 1. The van der Waals surface area contributed by atoms with Gasteiger partial charge in [0.25, 0.3) is 5.91 Å². The molecule has 4 rings (SSSR count). The number of aryl methyl sites for hydroxylation is 1. The molecule has 2 heterocycles. The number of para-hydroxylation sites is 1. The highest BCUT2D eigenvalue weighted by atomic mass is 32.2. The minimum Gasteiger partial charge on any atom is -0.305 e. The summed E-state index contributed by atoms with van der Waals surface area (Å²) in [5.41, 5.74) is 3.00. The molecule has 8 heteroatoms. The molecule has 0 fully saturated rings. The van der Waals surface area contributed by atoms with Crippen molar-refractivity contribution in [2.24, 2.45) is 0 Å². The Kier molecular flexibility index (Phi) is 5.09. The van der Waals surface area contributed by atoms with Crippen molar-refractivity contribution in [3.05, 3.63) is 83.7 Å². The summed E-state index contributed by atoms with van der Waals surface area (Å²) in [7, 11) is -3.25. The summed E-state index contributed by atoms with van der Waals surface area (Å²) in [5, 5.41) is 8.05. The molecule has 4 aromatic rings. The van der Waals surface area contributed by atoms with Crippen LogP contribution in [0.4, 0.5) is 5.82 Å². The van der Waals surface area contributed by atoms with Gasteiger partial charge in [0.15, 0.2) is 15.5 Å². The van der Waals surface area contributed by atoms with Crippen LogP contribution in [0.25, 0.3) is 10.9 Å². The Hall–Kier alpha value is -3.52. The zero-order valence-electron chi connectivity index (χ0n) is 16.5. The lowest BCUT2D eigenvalue weighted by molar-refractivity contribution is 0.102. The van der Waals surface area contributed by atoms with Crippen LogP contribution in [0.5, 0.6) is 0 Å². The minimum absolute atomic E-state index is 0.266. The third-order valence-corrected chi connectivity index (χ3v) is 5.84. The number of amides is 1. The van der Waals surface area contributed by atoms with Gasteiger partial charge in [-0.25, -0.2) is 13.4 Å². The van der Waals surface area contributed by atoms with Crippen molar-refractivity contribution in [3.8, 4) is 0 Å². The Morgan fingerprint density at radius 2 is 1.77 bits per heavy atom. The van der Waals surface area contributed by atoms with Crippen LogP contribution in [-0.4, -0.2) is 35.3 Å². The molecule has 1 amide bonds. The normalized spacial score (nSPS) is 11.5. The van der Waals surface area contributed by atoms with E-state index in [9.17, 15) is 13.2 Å². The first kappa shape index (κ1) is 19.8. The Labute approximate surface area is 174 Å². The second-order valence-electron chi connectivity index (χ2n) is 7.11. The number of fused-ring (bicyclic) bond motifs is 1. The fraction of sp³-hybridized carbons (Fsp3) is 0.136. The SMILES string of the molecule is Cc1ccc(NC(=O)c2nn(Cc3ccc(S(C)(=O)=O)cc3)c3ccccc23)nc1. The van der Waals surface area contributed by atoms with E-state index in [1.807, 2.05) is 37.3 Å². The maximum absolute atomic E-state index is 12.8. The Bertz CT molecular complexity index is 1330. The number of nitrogens with zero attached hydrogens (tertiary/aromatic N) is 3. The summed E-state index contributed by atoms with van der Waals surface area (Å²) in [4.78, 5) is 17.3. The first-order chi connectivity index (χ1) is 14.3. The maximum atomic E-state index is 12.8. The molecule has 0 unspecified atom stereocenters. The van der Waals surface area contributed by atoms with E-state index in [0.29, 0.717) is 18.1 Å². The molecule has 0 aliphatic heterocycles. The number of aromatic nitrogens is 3. The van der Waals surface area contributed by atoms with Gasteiger partial charge in [0.05, 0.1) is 17.0 Å². The summed E-state index contributed by atoms with van der Waals surface area (Å²) >= 11 is 0. The monoisotopic (exact) mass is 420 g/mol.